The average Bonchev–Trinajstić information content (AvgIpc) is 2.88. The number of para-hydroxylation sites is 1. The smallest absolute Gasteiger partial charge is 0.336 e. The van der Waals surface area contributed by atoms with Gasteiger partial charge in [0, 0.05) is 40.6 Å². The Bertz CT molecular complexity index is 1450. The van der Waals surface area contributed by atoms with Crippen molar-refractivity contribution in [2.75, 3.05) is 20.3 Å². The molecule has 0 bridgehead atoms. The van der Waals surface area contributed by atoms with E-state index >= 15 is 0 Å². The second-order valence-corrected chi connectivity index (χ2v) is 8.63. The number of allylic oxidation sites excluding steroid dienone is 1. The molecule has 3 aromatic rings. The molecular weight excluding hydrogens is 460 g/mol. The predicted octanol–water partition coefficient (Wildman–Crippen LogP) is 3.89. The van der Waals surface area contributed by atoms with Gasteiger partial charge in [-0.2, -0.15) is 0 Å². The van der Waals surface area contributed by atoms with Gasteiger partial charge in [0.1, 0.15) is 23.9 Å². The molecule has 2 unspecified atom stereocenters. The van der Waals surface area contributed by atoms with E-state index in [2.05, 4.69) is 4.99 Å². The van der Waals surface area contributed by atoms with Gasteiger partial charge in [-0.05, 0) is 26.8 Å². The minimum Gasteiger partial charge on any atom is -0.468 e. The first kappa shape index (κ1) is 25.1. The van der Waals surface area contributed by atoms with Crippen LogP contribution in [0.1, 0.15) is 30.9 Å². The van der Waals surface area contributed by atoms with Crippen molar-refractivity contribution >= 4 is 28.6 Å². The third-order valence-corrected chi connectivity index (χ3v) is 6.40. The zero-order valence-electron chi connectivity index (χ0n) is 20.7. The fourth-order valence-corrected chi connectivity index (χ4v) is 4.74. The molecule has 1 aliphatic heterocycles. The number of ether oxygens (including phenoxy) is 2. The van der Waals surface area contributed by atoms with Crippen LogP contribution >= 0.6 is 0 Å². The Kier molecular flexibility index (Phi) is 7.17. The Labute approximate surface area is 208 Å². The van der Waals surface area contributed by atoms with Crippen molar-refractivity contribution in [3.05, 3.63) is 81.2 Å². The van der Waals surface area contributed by atoms with Crippen molar-refractivity contribution < 1.29 is 23.5 Å². The van der Waals surface area contributed by atoms with Gasteiger partial charge < -0.3 is 19.6 Å². The number of hydrogen-bond acceptors (Lipinski definition) is 8. The number of benzene rings is 2. The highest BCUT2D eigenvalue weighted by Gasteiger charge is 2.43. The van der Waals surface area contributed by atoms with Crippen LogP contribution in [0.2, 0.25) is 0 Å². The highest BCUT2D eigenvalue weighted by Crippen LogP contribution is 2.43. The van der Waals surface area contributed by atoms with Crippen molar-refractivity contribution in [3.8, 4) is 11.3 Å². The predicted molar refractivity (Wildman–Crippen MR) is 137 cm³/mol. The molecule has 1 aliphatic rings. The number of nitrogens with two attached hydrogens (primary N) is 1. The van der Waals surface area contributed by atoms with E-state index < -0.39 is 23.8 Å². The van der Waals surface area contributed by atoms with Gasteiger partial charge in [0.15, 0.2) is 5.43 Å². The Morgan fingerprint density at radius 3 is 2.44 bits per heavy atom. The Balaban J connectivity index is 2.04. The topological polar surface area (TPSA) is 121 Å². The molecule has 0 radical (unpaired) electrons. The SMILES string of the molecule is COC(=O)C1C(C)=NC(C)=C(C(=O)OCCN)C1c1cccc2c(=O)c(C)c(-c3ccccc3)oc12. The molecule has 8 heteroatoms. The molecule has 0 fully saturated rings. The van der Waals surface area contributed by atoms with E-state index in [-0.39, 0.29) is 29.7 Å². The summed E-state index contributed by atoms with van der Waals surface area (Å²) in [5, 5.41) is 0.348. The Hall–Kier alpha value is -4.04. The van der Waals surface area contributed by atoms with Crippen molar-refractivity contribution in [2.24, 2.45) is 16.6 Å². The van der Waals surface area contributed by atoms with E-state index in [0.717, 1.165) is 5.56 Å². The van der Waals surface area contributed by atoms with Crippen LogP contribution in [-0.4, -0.2) is 37.9 Å². The average molecular weight is 489 g/mol. The quantitative estimate of drug-likeness (QED) is 0.523. The summed E-state index contributed by atoms with van der Waals surface area (Å²) in [4.78, 5) is 44.1. The third-order valence-electron chi connectivity index (χ3n) is 6.40. The third kappa shape index (κ3) is 4.35. The molecule has 2 N–H and O–H groups in total. The summed E-state index contributed by atoms with van der Waals surface area (Å²) in [5.41, 5.74) is 8.42. The van der Waals surface area contributed by atoms with E-state index in [9.17, 15) is 14.4 Å². The number of aliphatic imine (C=N–C) groups is 1. The van der Waals surface area contributed by atoms with Gasteiger partial charge >= 0.3 is 11.9 Å². The second-order valence-electron chi connectivity index (χ2n) is 8.63. The number of carbonyl (C=O) groups excluding carboxylic acids is 2. The Morgan fingerprint density at radius 1 is 1.06 bits per heavy atom. The normalized spacial score (nSPS) is 17.6. The highest BCUT2D eigenvalue weighted by molar-refractivity contribution is 6.07. The van der Waals surface area contributed by atoms with Gasteiger partial charge in [-0.1, -0.05) is 42.5 Å². The summed E-state index contributed by atoms with van der Waals surface area (Å²) in [6.45, 7) is 5.27. The summed E-state index contributed by atoms with van der Waals surface area (Å²) < 4.78 is 16.9. The van der Waals surface area contributed by atoms with Crippen LogP contribution in [0.15, 0.2) is 74.0 Å². The van der Waals surface area contributed by atoms with E-state index in [0.29, 0.717) is 33.7 Å². The first-order chi connectivity index (χ1) is 17.3. The van der Waals surface area contributed by atoms with Crippen LogP contribution in [-0.2, 0) is 19.1 Å². The molecule has 1 aromatic heterocycles. The molecule has 186 valence electrons. The van der Waals surface area contributed by atoms with Crippen LogP contribution in [0.5, 0.6) is 0 Å². The summed E-state index contributed by atoms with van der Waals surface area (Å²) in [6, 6.07) is 14.4. The van der Waals surface area contributed by atoms with Crippen LogP contribution in [0.25, 0.3) is 22.3 Å². The van der Waals surface area contributed by atoms with Crippen LogP contribution < -0.4 is 11.2 Å². The van der Waals surface area contributed by atoms with Crippen molar-refractivity contribution in [1.82, 2.24) is 0 Å². The molecule has 2 aromatic carbocycles. The van der Waals surface area contributed by atoms with Crippen LogP contribution in [0.4, 0.5) is 0 Å². The standard InChI is InChI=1S/C28H28N2O6/c1-15-24(31)20-12-8-11-19(26(20)36-25(15)18-9-6-5-7-10-18)23-21(27(32)34-4)16(2)30-17(3)22(23)28(33)35-14-13-29/h5-12,21,23H,13-14,29H2,1-4H3. The molecule has 2 heterocycles. The van der Waals surface area contributed by atoms with Crippen molar-refractivity contribution in [1.29, 1.82) is 0 Å². The number of hydrogen-bond donors (Lipinski definition) is 1. The first-order valence-corrected chi connectivity index (χ1v) is 11.6. The number of esters is 2. The second kappa shape index (κ2) is 10.3. The van der Waals surface area contributed by atoms with Gasteiger partial charge in [0.25, 0.3) is 0 Å². The lowest BCUT2D eigenvalue weighted by atomic mass is 9.75. The highest BCUT2D eigenvalue weighted by atomic mass is 16.5. The first-order valence-electron chi connectivity index (χ1n) is 11.6. The zero-order chi connectivity index (χ0) is 26.0. The summed E-state index contributed by atoms with van der Waals surface area (Å²) in [6.07, 6.45) is 0. The lowest BCUT2D eigenvalue weighted by molar-refractivity contribution is -0.144. The fourth-order valence-electron chi connectivity index (χ4n) is 4.74. The molecule has 0 aliphatic carbocycles. The van der Waals surface area contributed by atoms with Gasteiger partial charge in [0.2, 0.25) is 0 Å². The fraction of sp³-hybridized carbons (Fsp3) is 0.286. The van der Waals surface area contributed by atoms with E-state index in [1.807, 2.05) is 30.3 Å². The van der Waals surface area contributed by atoms with E-state index in [4.69, 9.17) is 19.6 Å². The molecule has 2 atom stereocenters. The van der Waals surface area contributed by atoms with Gasteiger partial charge in [0.05, 0.1) is 18.1 Å². The lowest BCUT2D eigenvalue weighted by Crippen LogP contribution is -2.36. The maximum Gasteiger partial charge on any atom is 0.336 e. The number of fused-ring (bicyclic) bond motifs is 1. The molecule has 0 spiro atoms. The molecule has 36 heavy (non-hydrogen) atoms. The van der Waals surface area contributed by atoms with Gasteiger partial charge in [-0.25, -0.2) is 4.79 Å². The maximum absolute atomic E-state index is 13.4. The molecular formula is C28H28N2O6. The van der Waals surface area contributed by atoms with Crippen molar-refractivity contribution in [3.63, 3.8) is 0 Å². The van der Waals surface area contributed by atoms with Crippen LogP contribution in [0.3, 0.4) is 0 Å². The zero-order valence-corrected chi connectivity index (χ0v) is 20.7. The largest absolute Gasteiger partial charge is 0.468 e. The minimum atomic E-state index is -0.920. The maximum atomic E-state index is 13.4. The van der Waals surface area contributed by atoms with E-state index in [1.54, 1.807) is 39.0 Å². The van der Waals surface area contributed by atoms with Gasteiger partial charge in [-0.15, -0.1) is 0 Å². The van der Waals surface area contributed by atoms with E-state index in [1.165, 1.54) is 7.11 Å². The van der Waals surface area contributed by atoms with Crippen molar-refractivity contribution in [2.45, 2.75) is 26.7 Å². The van der Waals surface area contributed by atoms with Crippen LogP contribution in [0, 0.1) is 12.8 Å². The number of nitrogens with zero attached hydrogens (tertiary/aromatic N) is 1. The molecule has 0 saturated carbocycles. The summed E-state index contributed by atoms with van der Waals surface area (Å²) in [5.74, 6) is -2.55. The molecule has 0 saturated heterocycles. The minimum absolute atomic E-state index is 0.00981. The van der Waals surface area contributed by atoms with Gasteiger partial charge in [-0.3, -0.25) is 14.6 Å². The number of methoxy groups -OCH3 is 1. The lowest BCUT2D eigenvalue weighted by Gasteiger charge is -2.31. The molecule has 0 amide bonds. The number of carbonyl (C=O) groups is 2. The molecule has 4 rings (SSSR count). The summed E-state index contributed by atoms with van der Waals surface area (Å²) >= 11 is 0. The molecule has 8 nitrogen and oxygen atoms in total. The Morgan fingerprint density at radius 2 is 1.78 bits per heavy atom. The summed E-state index contributed by atoms with van der Waals surface area (Å²) in [7, 11) is 1.28. The monoisotopic (exact) mass is 488 g/mol. The number of rotatable bonds is 6.